The maximum absolute atomic E-state index is 11.8. The second-order valence-electron chi connectivity index (χ2n) is 5.32. The van der Waals surface area contributed by atoms with Gasteiger partial charge >= 0.3 is 5.97 Å². The first-order valence-corrected chi connectivity index (χ1v) is 5.85. The molecule has 0 aliphatic carbocycles. The quantitative estimate of drug-likeness (QED) is 0.653. The smallest absolute Gasteiger partial charge is 0.326 e. The summed E-state index contributed by atoms with van der Waals surface area (Å²) < 4.78 is 1.32. The highest BCUT2D eigenvalue weighted by atomic mass is 16.4. The van der Waals surface area contributed by atoms with Crippen molar-refractivity contribution >= 4 is 11.9 Å². The van der Waals surface area contributed by atoms with E-state index in [9.17, 15) is 9.59 Å². The number of aromatic nitrogens is 3. The molecule has 0 unspecified atom stereocenters. The zero-order valence-electron chi connectivity index (χ0n) is 11.3. The van der Waals surface area contributed by atoms with Gasteiger partial charge in [0.1, 0.15) is 12.6 Å². The molecular formula is C11H19N5O3. The second-order valence-corrected chi connectivity index (χ2v) is 5.32. The summed E-state index contributed by atoms with van der Waals surface area (Å²) in [6.07, 6.45) is 1.55. The molecule has 19 heavy (non-hydrogen) atoms. The van der Waals surface area contributed by atoms with Crippen molar-refractivity contribution in [2.24, 2.45) is 11.1 Å². The van der Waals surface area contributed by atoms with Crippen LogP contribution in [-0.2, 0) is 22.7 Å². The van der Waals surface area contributed by atoms with Crippen LogP contribution < -0.4 is 11.1 Å². The van der Waals surface area contributed by atoms with E-state index >= 15 is 0 Å². The summed E-state index contributed by atoms with van der Waals surface area (Å²) in [6.45, 7) is 5.38. The van der Waals surface area contributed by atoms with E-state index in [-0.39, 0.29) is 13.1 Å². The molecule has 8 nitrogen and oxygen atoms in total. The molecule has 106 valence electrons. The fourth-order valence-electron chi connectivity index (χ4n) is 1.51. The van der Waals surface area contributed by atoms with Crippen LogP contribution in [0.25, 0.3) is 0 Å². The van der Waals surface area contributed by atoms with Gasteiger partial charge in [0.05, 0.1) is 11.9 Å². The Morgan fingerprint density at radius 1 is 1.53 bits per heavy atom. The molecular weight excluding hydrogens is 250 g/mol. The molecule has 0 aliphatic rings. The molecule has 1 aromatic heterocycles. The highest BCUT2D eigenvalue weighted by molar-refractivity contribution is 5.83. The minimum atomic E-state index is -1.07. The van der Waals surface area contributed by atoms with Gasteiger partial charge < -0.3 is 16.2 Å². The van der Waals surface area contributed by atoms with Gasteiger partial charge in [0, 0.05) is 6.54 Å². The summed E-state index contributed by atoms with van der Waals surface area (Å²) in [5.74, 6) is -1.50. The zero-order valence-corrected chi connectivity index (χ0v) is 11.3. The number of amides is 1. The van der Waals surface area contributed by atoms with E-state index in [0.717, 1.165) is 0 Å². The average molecular weight is 269 g/mol. The van der Waals surface area contributed by atoms with Gasteiger partial charge in [0.25, 0.3) is 0 Å². The van der Waals surface area contributed by atoms with Gasteiger partial charge in [-0.25, -0.2) is 9.48 Å². The Hall–Kier alpha value is -1.96. The highest BCUT2D eigenvalue weighted by Gasteiger charge is 2.32. The van der Waals surface area contributed by atoms with Crippen molar-refractivity contribution in [1.82, 2.24) is 20.3 Å². The van der Waals surface area contributed by atoms with Crippen molar-refractivity contribution in [3.05, 3.63) is 11.9 Å². The Labute approximate surface area is 111 Å². The third-order valence-corrected chi connectivity index (χ3v) is 2.52. The number of aliphatic carboxylic acids is 1. The summed E-state index contributed by atoms with van der Waals surface area (Å²) in [5.41, 5.74) is 5.37. The SMILES string of the molecule is CC(C)(C)[C@H](NC(=O)Cn1cc(CN)nn1)C(=O)O. The van der Waals surface area contributed by atoms with Gasteiger partial charge in [-0.2, -0.15) is 0 Å². The van der Waals surface area contributed by atoms with Crippen LogP contribution in [0.5, 0.6) is 0 Å². The molecule has 0 saturated carbocycles. The van der Waals surface area contributed by atoms with Crippen molar-refractivity contribution < 1.29 is 14.7 Å². The van der Waals surface area contributed by atoms with Crippen LogP contribution in [0.4, 0.5) is 0 Å². The third-order valence-electron chi connectivity index (χ3n) is 2.52. The number of nitrogens with one attached hydrogen (secondary N) is 1. The first-order chi connectivity index (χ1) is 8.74. The van der Waals surface area contributed by atoms with Crippen molar-refractivity contribution in [1.29, 1.82) is 0 Å². The maximum Gasteiger partial charge on any atom is 0.326 e. The van der Waals surface area contributed by atoms with Crippen molar-refractivity contribution in [2.75, 3.05) is 0 Å². The number of carbonyl (C=O) groups is 2. The Balaban J connectivity index is 2.65. The number of carbonyl (C=O) groups excluding carboxylic acids is 1. The lowest BCUT2D eigenvalue weighted by Gasteiger charge is -2.27. The minimum Gasteiger partial charge on any atom is -0.480 e. The molecule has 1 atom stereocenters. The average Bonchev–Trinajstić information content (AvgIpc) is 2.71. The number of carboxylic acids is 1. The van der Waals surface area contributed by atoms with E-state index in [1.54, 1.807) is 27.0 Å². The lowest BCUT2D eigenvalue weighted by atomic mass is 9.87. The summed E-state index contributed by atoms with van der Waals surface area (Å²) in [4.78, 5) is 22.9. The standard InChI is InChI=1S/C11H19N5O3/c1-11(2,3)9(10(18)19)13-8(17)6-16-5-7(4-12)14-15-16/h5,9H,4,6,12H2,1-3H3,(H,13,17)(H,18,19)/t9-/m1/s1. The second kappa shape index (κ2) is 5.79. The van der Waals surface area contributed by atoms with Gasteiger partial charge in [-0.15, -0.1) is 5.10 Å². The Morgan fingerprint density at radius 3 is 2.58 bits per heavy atom. The Bertz CT molecular complexity index is 463. The van der Waals surface area contributed by atoms with E-state index < -0.39 is 23.3 Å². The van der Waals surface area contributed by atoms with Gasteiger partial charge in [0.15, 0.2) is 0 Å². The van der Waals surface area contributed by atoms with E-state index in [1.165, 1.54) is 4.68 Å². The lowest BCUT2D eigenvalue weighted by molar-refractivity contribution is -0.145. The molecule has 0 saturated heterocycles. The van der Waals surface area contributed by atoms with E-state index in [4.69, 9.17) is 10.8 Å². The molecule has 1 heterocycles. The van der Waals surface area contributed by atoms with Crippen LogP contribution in [0, 0.1) is 5.41 Å². The molecule has 0 aromatic carbocycles. The van der Waals surface area contributed by atoms with Gasteiger partial charge in [0.2, 0.25) is 5.91 Å². The van der Waals surface area contributed by atoms with Crippen LogP contribution >= 0.6 is 0 Å². The largest absolute Gasteiger partial charge is 0.480 e. The number of rotatable bonds is 5. The molecule has 4 N–H and O–H groups in total. The van der Waals surface area contributed by atoms with Crippen LogP contribution in [0.2, 0.25) is 0 Å². The monoisotopic (exact) mass is 269 g/mol. The fraction of sp³-hybridized carbons (Fsp3) is 0.636. The maximum atomic E-state index is 11.8. The number of nitrogens with two attached hydrogens (primary N) is 1. The topological polar surface area (TPSA) is 123 Å². The zero-order chi connectivity index (χ0) is 14.6. The minimum absolute atomic E-state index is 0.0904. The van der Waals surface area contributed by atoms with Gasteiger partial charge in [-0.3, -0.25) is 4.79 Å². The van der Waals surface area contributed by atoms with Crippen LogP contribution in [0.3, 0.4) is 0 Å². The molecule has 0 spiro atoms. The first-order valence-electron chi connectivity index (χ1n) is 5.85. The van der Waals surface area contributed by atoms with Crippen LogP contribution in [0.15, 0.2) is 6.20 Å². The molecule has 0 bridgehead atoms. The molecule has 8 heteroatoms. The van der Waals surface area contributed by atoms with Crippen molar-refractivity contribution in [3.63, 3.8) is 0 Å². The van der Waals surface area contributed by atoms with Crippen LogP contribution in [0.1, 0.15) is 26.5 Å². The van der Waals surface area contributed by atoms with Crippen molar-refractivity contribution in [3.8, 4) is 0 Å². The molecule has 1 amide bonds. The highest BCUT2D eigenvalue weighted by Crippen LogP contribution is 2.19. The summed E-state index contributed by atoms with van der Waals surface area (Å²) in [6, 6.07) is -0.961. The van der Waals surface area contributed by atoms with E-state index in [0.29, 0.717) is 5.69 Å². The lowest BCUT2D eigenvalue weighted by Crippen LogP contribution is -2.50. The van der Waals surface area contributed by atoms with Crippen molar-refractivity contribution in [2.45, 2.75) is 39.9 Å². The van der Waals surface area contributed by atoms with E-state index in [2.05, 4.69) is 15.6 Å². The number of carboxylic acid groups (broad SMARTS) is 1. The number of hydrogen-bond acceptors (Lipinski definition) is 5. The Morgan fingerprint density at radius 2 is 2.16 bits per heavy atom. The van der Waals surface area contributed by atoms with Crippen LogP contribution in [-0.4, -0.2) is 38.0 Å². The predicted molar refractivity (Wildman–Crippen MR) is 66.9 cm³/mol. The number of hydrogen-bond donors (Lipinski definition) is 3. The normalized spacial score (nSPS) is 13.1. The molecule has 1 rings (SSSR count). The summed E-state index contributed by atoms with van der Waals surface area (Å²) >= 11 is 0. The molecule has 0 fully saturated rings. The first kappa shape index (κ1) is 15.1. The fourth-order valence-corrected chi connectivity index (χ4v) is 1.51. The van der Waals surface area contributed by atoms with Gasteiger partial charge in [-0.1, -0.05) is 26.0 Å². The van der Waals surface area contributed by atoms with Gasteiger partial charge in [-0.05, 0) is 5.41 Å². The molecule has 0 radical (unpaired) electrons. The molecule has 0 aliphatic heterocycles. The predicted octanol–water partition coefficient (Wildman–Crippen LogP) is -0.648. The Kier molecular flexibility index (Phi) is 4.60. The summed E-state index contributed by atoms with van der Waals surface area (Å²) in [7, 11) is 0. The third kappa shape index (κ3) is 4.32. The molecule has 1 aromatic rings. The number of nitrogens with zero attached hydrogens (tertiary/aromatic N) is 3. The summed E-state index contributed by atoms with van der Waals surface area (Å²) in [5, 5.41) is 19.0. The van der Waals surface area contributed by atoms with E-state index in [1.807, 2.05) is 0 Å².